The Labute approximate surface area is 260 Å². The maximum atomic E-state index is 14.5. The highest BCUT2D eigenvalue weighted by Crippen LogP contribution is 2.28. The number of hydrogen-bond donors (Lipinski definition) is 2. The van der Waals surface area contributed by atoms with Crippen LogP contribution in [0.3, 0.4) is 0 Å². The van der Waals surface area contributed by atoms with Gasteiger partial charge in [0.05, 0.1) is 0 Å². The van der Waals surface area contributed by atoms with Crippen molar-refractivity contribution in [3.05, 3.63) is 70.8 Å². The van der Waals surface area contributed by atoms with E-state index >= 15 is 0 Å². The normalized spacial score (nSPS) is 12.9. The Morgan fingerprint density at radius 2 is 1.56 bits per heavy atom. The van der Waals surface area contributed by atoms with Crippen LogP contribution in [-0.2, 0) is 20.9 Å². The molecule has 7 nitrogen and oxygen atoms in total. The molecular weight excluding hydrogens is 538 g/mol. The second-order valence-corrected chi connectivity index (χ2v) is 13.1. The summed E-state index contributed by atoms with van der Waals surface area (Å²) in [6.45, 7) is 16.4. The summed E-state index contributed by atoms with van der Waals surface area (Å²) < 4.78 is 5.53. The zero-order chi connectivity index (χ0) is 32.0. The van der Waals surface area contributed by atoms with Crippen LogP contribution in [0.15, 0.2) is 48.5 Å². The van der Waals surface area contributed by atoms with Gasteiger partial charge in [0.1, 0.15) is 17.7 Å². The van der Waals surface area contributed by atoms with E-state index in [4.69, 9.17) is 4.74 Å². The number of benzene rings is 2. The third kappa shape index (κ3) is 12.8. The molecule has 238 valence electrons. The fraction of sp³-hybridized carbons (Fsp3) is 0.583. The van der Waals surface area contributed by atoms with Crippen molar-refractivity contribution >= 4 is 17.9 Å². The molecule has 0 aliphatic rings. The molecule has 0 heterocycles. The van der Waals surface area contributed by atoms with E-state index in [0.717, 1.165) is 54.4 Å². The molecule has 0 bridgehead atoms. The first-order chi connectivity index (χ1) is 20.3. The molecule has 0 saturated carbocycles. The van der Waals surface area contributed by atoms with Crippen LogP contribution in [0.1, 0.15) is 115 Å². The van der Waals surface area contributed by atoms with Gasteiger partial charge in [0.25, 0.3) is 0 Å². The largest absolute Gasteiger partial charge is 0.444 e. The summed E-state index contributed by atoms with van der Waals surface area (Å²) in [6, 6.07) is 14.1. The van der Waals surface area contributed by atoms with Crippen molar-refractivity contribution in [2.75, 3.05) is 6.54 Å². The van der Waals surface area contributed by atoms with Crippen LogP contribution in [0.2, 0.25) is 0 Å². The number of rotatable bonds is 16. The van der Waals surface area contributed by atoms with Gasteiger partial charge < -0.3 is 20.3 Å². The maximum absolute atomic E-state index is 14.5. The Bertz CT molecular complexity index is 1160. The van der Waals surface area contributed by atoms with Crippen molar-refractivity contribution in [2.24, 2.45) is 5.92 Å². The van der Waals surface area contributed by atoms with Gasteiger partial charge in [-0.05, 0) is 70.1 Å². The van der Waals surface area contributed by atoms with Gasteiger partial charge in [-0.2, -0.15) is 0 Å². The Balaban J connectivity index is 2.50. The van der Waals surface area contributed by atoms with Gasteiger partial charge in [-0.25, -0.2) is 4.79 Å². The van der Waals surface area contributed by atoms with Crippen molar-refractivity contribution < 1.29 is 19.1 Å². The van der Waals surface area contributed by atoms with E-state index in [9.17, 15) is 14.4 Å². The van der Waals surface area contributed by atoms with E-state index in [0.29, 0.717) is 19.5 Å². The molecule has 0 aromatic heterocycles. The molecule has 0 saturated heterocycles. The lowest BCUT2D eigenvalue weighted by molar-refractivity contribution is -0.143. The number of carbonyl (C=O) groups excluding carboxylic acids is 3. The Hall–Kier alpha value is -3.35. The summed E-state index contributed by atoms with van der Waals surface area (Å²) in [5.41, 5.74) is 3.10. The van der Waals surface area contributed by atoms with Crippen molar-refractivity contribution in [3.8, 4) is 0 Å². The topological polar surface area (TPSA) is 87.7 Å². The van der Waals surface area contributed by atoms with Crippen LogP contribution in [0.5, 0.6) is 0 Å². The molecule has 0 aliphatic carbocycles. The molecule has 7 heteroatoms. The lowest BCUT2D eigenvalue weighted by atomic mass is 9.95. The number of hydrogen-bond acceptors (Lipinski definition) is 4. The van der Waals surface area contributed by atoms with Crippen molar-refractivity contribution in [3.63, 3.8) is 0 Å². The molecule has 2 unspecified atom stereocenters. The van der Waals surface area contributed by atoms with Gasteiger partial charge in [-0.1, -0.05) is 107 Å². The molecule has 0 spiro atoms. The molecule has 2 atom stereocenters. The van der Waals surface area contributed by atoms with Crippen LogP contribution < -0.4 is 10.6 Å². The fourth-order valence-electron chi connectivity index (χ4n) is 5.24. The predicted molar refractivity (Wildman–Crippen MR) is 175 cm³/mol. The van der Waals surface area contributed by atoms with Gasteiger partial charge in [0.2, 0.25) is 11.8 Å². The summed E-state index contributed by atoms with van der Waals surface area (Å²) in [6.07, 6.45) is 6.10. The molecule has 2 N–H and O–H groups in total. The van der Waals surface area contributed by atoms with Crippen molar-refractivity contribution in [1.82, 2.24) is 15.5 Å². The van der Waals surface area contributed by atoms with E-state index in [1.54, 1.807) is 25.7 Å². The SMILES string of the molecule is CCCCCCCCN(C(=O)C(CC(C)C)NC(=O)OC(C)(C)C)C(C(=O)NCc1ccccc1)c1ccc(C)cc1C. The van der Waals surface area contributed by atoms with Gasteiger partial charge in [-0.15, -0.1) is 0 Å². The molecule has 2 rings (SSSR count). The summed E-state index contributed by atoms with van der Waals surface area (Å²) in [5.74, 6) is -0.380. The Morgan fingerprint density at radius 1 is 0.907 bits per heavy atom. The minimum atomic E-state index is -0.845. The van der Waals surface area contributed by atoms with Crippen LogP contribution in [0.25, 0.3) is 0 Å². The van der Waals surface area contributed by atoms with E-state index in [-0.39, 0.29) is 17.7 Å². The smallest absolute Gasteiger partial charge is 0.408 e. The minimum Gasteiger partial charge on any atom is -0.444 e. The third-order valence-corrected chi connectivity index (χ3v) is 7.32. The van der Waals surface area contributed by atoms with Crippen LogP contribution in [-0.4, -0.2) is 41.0 Å². The quantitative estimate of drug-likeness (QED) is 0.195. The summed E-state index contributed by atoms with van der Waals surface area (Å²) in [4.78, 5) is 43.2. The highest BCUT2D eigenvalue weighted by molar-refractivity contribution is 5.92. The lowest BCUT2D eigenvalue weighted by Gasteiger charge is -2.35. The number of ether oxygens (including phenoxy) is 1. The number of unbranched alkanes of at least 4 members (excludes halogenated alkanes) is 5. The first kappa shape index (κ1) is 35.8. The van der Waals surface area contributed by atoms with E-state index in [2.05, 4.69) is 17.6 Å². The van der Waals surface area contributed by atoms with Crippen LogP contribution in [0.4, 0.5) is 4.79 Å². The number of nitrogens with zero attached hydrogens (tertiary/aromatic N) is 1. The van der Waals surface area contributed by atoms with Crippen LogP contribution in [0, 0.1) is 19.8 Å². The van der Waals surface area contributed by atoms with Gasteiger partial charge in [-0.3, -0.25) is 9.59 Å². The molecule has 3 amide bonds. The summed E-state index contributed by atoms with van der Waals surface area (Å²) in [7, 11) is 0. The fourth-order valence-corrected chi connectivity index (χ4v) is 5.24. The molecule has 0 aliphatic heterocycles. The highest BCUT2D eigenvalue weighted by atomic mass is 16.6. The van der Waals surface area contributed by atoms with Crippen molar-refractivity contribution in [2.45, 2.75) is 125 Å². The Morgan fingerprint density at radius 3 is 2.16 bits per heavy atom. The van der Waals surface area contributed by atoms with Crippen molar-refractivity contribution in [1.29, 1.82) is 0 Å². The first-order valence-electron chi connectivity index (χ1n) is 16.0. The van der Waals surface area contributed by atoms with Gasteiger partial charge in [0.15, 0.2) is 0 Å². The third-order valence-electron chi connectivity index (χ3n) is 7.32. The second-order valence-electron chi connectivity index (χ2n) is 13.1. The molecule has 2 aromatic rings. The van der Waals surface area contributed by atoms with Gasteiger partial charge >= 0.3 is 6.09 Å². The summed E-state index contributed by atoms with van der Waals surface area (Å²) >= 11 is 0. The molecular formula is C36H55N3O4. The molecule has 0 fully saturated rings. The maximum Gasteiger partial charge on any atom is 0.408 e. The summed E-state index contributed by atoms with van der Waals surface area (Å²) in [5, 5.41) is 5.95. The second kappa shape index (κ2) is 17.7. The zero-order valence-electron chi connectivity index (χ0n) is 27.8. The highest BCUT2D eigenvalue weighted by Gasteiger charge is 2.37. The number of nitrogens with one attached hydrogen (secondary N) is 2. The average Bonchev–Trinajstić information content (AvgIpc) is 2.92. The number of amides is 3. The van der Waals surface area contributed by atoms with E-state index in [1.165, 1.54) is 6.42 Å². The predicted octanol–water partition coefficient (Wildman–Crippen LogP) is 7.79. The lowest BCUT2D eigenvalue weighted by Crippen LogP contribution is -2.53. The van der Waals surface area contributed by atoms with E-state index < -0.39 is 23.8 Å². The minimum absolute atomic E-state index is 0.131. The number of alkyl carbamates (subject to hydrolysis) is 1. The van der Waals surface area contributed by atoms with E-state index in [1.807, 2.05) is 76.2 Å². The zero-order valence-corrected chi connectivity index (χ0v) is 27.8. The average molecular weight is 594 g/mol. The molecule has 2 aromatic carbocycles. The standard InChI is InChI=1S/C36H55N3O4/c1-9-10-11-12-13-17-22-39(34(41)31(23-26(2)3)38-35(42)43-36(6,7)8)32(30-21-20-27(4)24-28(30)5)33(40)37-25-29-18-15-14-16-19-29/h14-16,18-21,24,26,31-32H,9-13,17,22-23,25H2,1-8H3,(H,37,40)(H,38,42). The van der Waals surface area contributed by atoms with Gasteiger partial charge in [0, 0.05) is 13.1 Å². The van der Waals surface area contributed by atoms with Crippen LogP contribution >= 0.6 is 0 Å². The molecule has 0 radical (unpaired) electrons. The first-order valence-corrected chi connectivity index (χ1v) is 16.0. The number of carbonyl (C=O) groups is 3. The number of aryl methyl sites for hydroxylation is 2. The Kier molecular flexibility index (Phi) is 14.7. The molecule has 43 heavy (non-hydrogen) atoms. The monoisotopic (exact) mass is 593 g/mol.